The highest BCUT2D eigenvalue weighted by Gasteiger charge is 2.40. The third kappa shape index (κ3) is 2.47. The lowest BCUT2D eigenvalue weighted by Gasteiger charge is -2.28. The molecule has 21 heavy (non-hydrogen) atoms. The molecule has 0 fully saturated rings. The second-order valence-electron chi connectivity index (χ2n) is 5.46. The number of hydrogen-bond acceptors (Lipinski definition) is 5. The van der Waals surface area contributed by atoms with Crippen molar-refractivity contribution in [1.29, 1.82) is 0 Å². The highest BCUT2D eigenvalue weighted by Crippen LogP contribution is 2.34. The number of carbonyl (C=O) groups is 3. The van der Waals surface area contributed by atoms with E-state index < -0.39 is 23.0 Å². The molecule has 1 aromatic rings. The van der Waals surface area contributed by atoms with Crippen LogP contribution in [-0.2, 0) is 9.59 Å². The first kappa shape index (κ1) is 15.0. The van der Waals surface area contributed by atoms with Crippen LogP contribution in [0.3, 0.4) is 0 Å². The fourth-order valence-corrected chi connectivity index (χ4v) is 2.23. The number of fused-ring (bicyclic) bond motifs is 1. The van der Waals surface area contributed by atoms with Gasteiger partial charge in [0.2, 0.25) is 5.91 Å². The quantitative estimate of drug-likeness (QED) is 0.358. The van der Waals surface area contributed by atoms with Crippen LogP contribution in [0.5, 0.6) is 5.75 Å². The van der Waals surface area contributed by atoms with E-state index >= 15 is 0 Å². The number of carbonyl (C=O) groups excluding carboxylic acids is 3. The summed E-state index contributed by atoms with van der Waals surface area (Å²) in [5.41, 5.74) is 1.90. The van der Waals surface area contributed by atoms with E-state index in [1.54, 1.807) is 26.0 Å². The number of nitrogens with zero attached hydrogens (tertiary/aromatic N) is 1. The molecule has 1 aromatic carbocycles. The van der Waals surface area contributed by atoms with Crippen molar-refractivity contribution in [3.05, 3.63) is 23.8 Å². The summed E-state index contributed by atoms with van der Waals surface area (Å²) in [5, 5.41) is 0. The molecular weight excluding hydrogens is 274 g/mol. The minimum atomic E-state index is -0.924. The van der Waals surface area contributed by atoms with Crippen LogP contribution in [0.25, 0.3) is 0 Å². The number of methoxy groups -OCH3 is 1. The highest BCUT2D eigenvalue weighted by molar-refractivity contribution is 6.52. The van der Waals surface area contributed by atoms with Crippen LogP contribution in [-0.4, -0.2) is 31.3 Å². The zero-order valence-electron chi connectivity index (χ0n) is 12.1. The first-order valence-corrected chi connectivity index (χ1v) is 6.37. The molecule has 0 radical (unpaired) electrons. The molecule has 7 heteroatoms. The molecule has 0 bridgehead atoms. The lowest BCUT2D eigenvalue weighted by atomic mass is 9.91. The number of ketones is 1. The summed E-state index contributed by atoms with van der Waals surface area (Å²) in [5.74, 6) is 3.96. The average molecular weight is 291 g/mol. The van der Waals surface area contributed by atoms with E-state index in [-0.39, 0.29) is 12.1 Å². The van der Waals surface area contributed by atoms with Gasteiger partial charge in [0.15, 0.2) is 0 Å². The van der Waals surface area contributed by atoms with Gasteiger partial charge in [-0.2, -0.15) is 0 Å². The van der Waals surface area contributed by atoms with Gasteiger partial charge in [0, 0.05) is 6.54 Å². The highest BCUT2D eigenvalue weighted by atomic mass is 16.5. The Morgan fingerprint density at radius 1 is 1.38 bits per heavy atom. The van der Waals surface area contributed by atoms with Gasteiger partial charge in [0.05, 0.1) is 23.8 Å². The molecule has 0 atom stereocenters. The Hall–Kier alpha value is -2.41. The Bertz CT molecular complexity index is 625. The third-order valence-electron chi connectivity index (χ3n) is 3.48. The molecule has 0 spiro atoms. The van der Waals surface area contributed by atoms with Crippen molar-refractivity contribution < 1.29 is 19.1 Å². The molecule has 0 aromatic heterocycles. The smallest absolute Gasteiger partial charge is 0.299 e. The summed E-state index contributed by atoms with van der Waals surface area (Å²) in [4.78, 5) is 37.2. The Morgan fingerprint density at radius 2 is 2.05 bits per heavy atom. The SMILES string of the molecule is COc1ccc2c(c1)C(=O)C(=O)N2CC(C)(C)C(=O)NN. The normalized spacial score (nSPS) is 14.2. The van der Waals surface area contributed by atoms with Crippen LogP contribution in [0.4, 0.5) is 5.69 Å². The van der Waals surface area contributed by atoms with E-state index in [0.717, 1.165) is 0 Å². The number of rotatable bonds is 4. The molecule has 1 heterocycles. The van der Waals surface area contributed by atoms with E-state index in [9.17, 15) is 14.4 Å². The zero-order chi connectivity index (χ0) is 15.8. The number of amides is 2. The van der Waals surface area contributed by atoms with Gasteiger partial charge < -0.3 is 9.64 Å². The molecule has 1 aliphatic rings. The number of anilines is 1. The number of benzene rings is 1. The second kappa shape index (κ2) is 5.17. The van der Waals surface area contributed by atoms with Crippen LogP contribution >= 0.6 is 0 Å². The Labute approximate surface area is 122 Å². The lowest BCUT2D eigenvalue weighted by molar-refractivity contribution is -0.129. The molecule has 7 nitrogen and oxygen atoms in total. The maximum Gasteiger partial charge on any atom is 0.299 e. The van der Waals surface area contributed by atoms with Gasteiger partial charge >= 0.3 is 0 Å². The third-order valence-corrected chi connectivity index (χ3v) is 3.48. The van der Waals surface area contributed by atoms with E-state index in [4.69, 9.17) is 10.6 Å². The predicted octanol–water partition coefficient (Wildman–Crippen LogP) is 0.241. The molecule has 1 aliphatic heterocycles. The molecule has 0 unspecified atom stereocenters. The average Bonchev–Trinajstić information content (AvgIpc) is 2.70. The topological polar surface area (TPSA) is 102 Å². The fourth-order valence-electron chi connectivity index (χ4n) is 2.23. The standard InChI is InChI=1S/C14H17N3O4/c1-14(2,13(20)16-15)7-17-10-5-4-8(21-3)6-9(10)11(18)12(17)19/h4-6H,7,15H2,1-3H3,(H,16,20). The molecule has 0 saturated heterocycles. The van der Waals surface area contributed by atoms with Crippen molar-refractivity contribution in [3.8, 4) is 5.75 Å². The monoisotopic (exact) mass is 291 g/mol. The molecule has 0 aliphatic carbocycles. The van der Waals surface area contributed by atoms with Gasteiger partial charge in [-0.3, -0.25) is 19.8 Å². The maximum absolute atomic E-state index is 12.1. The minimum absolute atomic E-state index is 0.0555. The van der Waals surface area contributed by atoms with E-state index in [2.05, 4.69) is 5.43 Å². The Kier molecular flexibility index (Phi) is 3.69. The van der Waals surface area contributed by atoms with Crippen molar-refractivity contribution >= 4 is 23.3 Å². The van der Waals surface area contributed by atoms with E-state index in [1.165, 1.54) is 18.1 Å². The summed E-state index contributed by atoms with van der Waals surface area (Å²) >= 11 is 0. The number of hydrogen-bond donors (Lipinski definition) is 2. The molecule has 0 saturated carbocycles. The van der Waals surface area contributed by atoms with Crippen molar-refractivity contribution in [2.75, 3.05) is 18.6 Å². The van der Waals surface area contributed by atoms with Crippen molar-refractivity contribution in [3.63, 3.8) is 0 Å². The van der Waals surface area contributed by atoms with Gasteiger partial charge in [0.1, 0.15) is 5.75 Å². The van der Waals surface area contributed by atoms with Crippen LogP contribution in [0.15, 0.2) is 18.2 Å². The van der Waals surface area contributed by atoms with Gasteiger partial charge in [-0.05, 0) is 32.0 Å². The van der Waals surface area contributed by atoms with E-state index in [1.807, 2.05) is 0 Å². The van der Waals surface area contributed by atoms with Crippen LogP contribution in [0, 0.1) is 5.41 Å². The van der Waals surface area contributed by atoms with Crippen molar-refractivity contribution in [2.24, 2.45) is 11.3 Å². The van der Waals surface area contributed by atoms with Crippen LogP contribution in [0.1, 0.15) is 24.2 Å². The second-order valence-corrected chi connectivity index (χ2v) is 5.46. The molecule has 2 amide bonds. The van der Waals surface area contributed by atoms with Crippen LogP contribution < -0.4 is 20.9 Å². The predicted molar refractivity (Wildman–Crippen MR) is 75.8 cm³/mol. The number of hydrazine groups is 1. The summed E-state index contributed by atoms with van der Waals surface area (Å²) in [6.45, 7) is 3.35. The molecule has 112 valence electrons. The van der Waals surface area contributed by atoms with Crippen molar-refractivity contribution in [2.45, 2.75) is 13.8 Å². The van der Waals surface area contributed by atoms with Crippen LogP contribution in [0.2, 0.25) is 0 Å². The van der Waals surface area contributed by atoms with Gasteiger partial charge in [-0.15, -0.1) is 0 Å². The Balaban J connectivity index is 2.38. The van der Waals surface area contributed by atoms with Crippen molar-refractivity contribution in [1.82, 2.24) is 5.43 Å². The summed E-state index contributed by atoms with van der Waals surface area (Å²) < 4.78 is 5.05. The summed E-state index contributed by atoms with van der Waals surface area (Å²) in [6.07, 6.45) is 0. The lowest BCUT2D eigenvalue weighted by Crippen LogP contribution is -2.48. The summed E-state index contributed by atoms with van der Waals surface area (Å²) in [7, 11) is 1.48. The minimum Gasteiger partial charge on any atom is -0.497 e. The number of ether oxygens (including phenoxy) is 1. The fraction of sp³-hybridized carbons (Fsp3) is 0.357. The first-order chi connectivity index (χ1) is 9.81. The first-order valence-electron chi connectivity index (χ1n) is 6.37. The molecule has 3 N–H and O–H groups in total. The number of nitrogens with two attached hydrogens (primary N) is 1. The zero-order valence-corrected chi connectivity index (χ0v) is 12.1. The van der Waals surface area contributed by atoms with E-state index in [0.29, 0.717) is 11.4 Å². The Morgan fingerprint density at radius 3 is 2.62 bits per heavy atom. The maximum atomic E-state index is 12.1. The summed E-state index contributed by atoms with van der Waals surface area (Å²) in [6, 6.07) is 4.81. The van der Waals surface area contributed by atoms with Gasteiger partial charge in [-0.25, -0.2) is 5.84 Å². The number of nitrogens with one attached hydrogen (secondary N) is 1. The van der Waals surface area contributed by atoms with Gasteiger partial charge in [-0.1, -0.05) is 0 Å². The van der Waals surface area contributed by atoms with Gasteiger partial charge in [0.25, 0.3) is 11.7 Å². The largest absolute Gasteiger partial charge is 0.497 e. The molecular formula is C14H17N3O4. The molecule has 2 rings (SSSR count). The number of Topliss-reactive ketones (excluding diaryl/α,β-unsaturated/α-hetero) is 1.